The fourth-order valence-corrected chi connectivity index (χ4v) is 0.631. The lowest BCUT2D eigenvalue weighted by Crippen LogP contribution is -2.18. The Hall–Kier alpha value is -0.510. The van der Waals surface area contributed by atoms with Gasteiger partial charge < -0.3 is 0 Å². The van der Waals surface area contributed by atoms with Crippen molar-refractivity contribution in [1.82, 2.24) is 4.72 Å². The Morgan fingerprint density at radius 3 is 2.38 bits per heavy atom. The van der Waals surface area contributed by atoms with Crippen LogP contribution in [0.5, 0.6) is 0 Å². The van der Waals surface area contributed by atoms with E-state index < -0.39 is 10.0 Å². The molecular weight excluding hydrogens is 126 g/mol. The van der Waals surface area contributed by atoms with Crippen molar-refractivity contribution in [3.8, 4) is 0 Å². The maximum atomic E-state index is 10.4. The Kier molecular flexibility index (Phi) is 2.54. The third-order valence-electron chi connectivity index (χ3n) is 0.643. The molecule has 0 fully saturated rings. The van der Waals surface area contributed by atoms with Gasteiger partial charge in [0.1, 0.15) is 0 Å². The average Bonchev–Trinajstić information content (AvgIpc) is 1.67. The lowest BCUT2D eigenvalue weighted by molar-refractivity contribution is 0.592. The molecule has 0 saturated carbocycles. The number of nitrogens with one attached hydrogen (secondary N) is 1. The van der Waals surface area contributed by atoms with Gasteiger partial charge in [-0.2, -0.15) is 0 Å². The molecule has 4 heteroatoms. The van der Waals surface area contributed by atoms with E-state index in [2.05, 4.69) is 11.3 Å². The third-order valence-corrected chi connectivity index (χ3v) is 1.93. The van der Waals surface area contributed by atoms with E-state index in [1.807, 2.05) is 0 Å². The van der Waals surface area contributed by atoms with Gasteiger partial charge in [-0.3, -0.25) is 4.72 Å². The first-order chi connectivity index (χ1) is 3.62. The van der Waals surface area contributed by atoms with Crippen LogP contribution >= 0.6 is 0 Å². The lowest BCUT2D eigenvalue weighted by Gasteiger charge is -1.95. The Balaban J connectivity index is 3.94. The standard InChI is InChI=1S/C4H9NO2S/c1-3-5-8(6,7)4-2/h3,5H,1,4H2,2H3. The zero-order valence-corrected chi connectivity index (χ0v) is 5.53. The first-order valence-corrected chi connectivity index (χ1v) is 3.88. The predicted octanol–water partition coefficient (Wildman–Crippen LogP) is 0.0692. The highest BCUT2D eigenvalue weighted by Gasteiger charge is 1.98. The van der Waals surface area contributed by atoms with Crippen molar-refractivity contribution in [2.24, 2.45) is 0 Å². The van der Waals surface area contributed by atoms with E-state index in [1.54, 1.807) is 6.92 Å². The second-order valence-electron chi connectivity index (χ2n) is 1.23. The molecule has 0 aliphatic carbocycles. The van der Waals surface area contributed by atoms with Gasteiger partial charge in [0.15, 0.2) is 0 Å². The van der Waals surface area contributed by atoms with E-state index in [0.29, 0.717) is 0 Å². The van der Waals surface area contributed by atoms with Crippen molar-refractivity contribution in [3.63, 3.8) is 0 Å². The summed E-state index contributed by atoms with van der Waals surface area (Å²) in [5, 5.41) is 0. The van der Waals surface area contributed by atoms with Crippen LogP contribution < -0.4 is 4.72 Å². The predicted molar refractivity (Wildman–Crippen MR) is 32.8 cm³/mol. The van der Waals surface area contributed by atoms with Crippen LogP contribution in [0.15, 0.2) is 12.8 Å². The summed E-state index contributed by atoms with van der Waals surface area (Å²) in [5.74, 6) is 0.0962. The van der Waals surface area contributed by atoms with E-state index in [-0.39, 0.29) is 5.75 Å². The third kappa shape index (κ3) is 2.63. The molecule has 0 heterocycles. The molecule has 0 atom stereocenters. The van der Waals surface area contributed by atoms with Gasteiger partial charge in [-0.1, -0.05) is 6.58 Å². The molecule has 0 rings (SSSR count). The molecule has 0 radical (unpaired) electrons. The highest BCUT2D eigenvalue weighted by molar-refractivity contribution is 7.89. The Morgan fingerprint density at radius 1 is 1.75 bits per heavy atom. The zero-order chi connectivity index (χ0) is 6.62. The van der Waals surface area contributed by atoms with Crippen LogP contribution in [0.1, 0.15) is 6.92 Å². The summed E-state index contributed by atoms with van der Waals surface area (Å²) in [6.45, 7) is 4.76. The first-order valence-electron chi connectivity index (χ1n) is 2.23. The maximum Gasteiger partial charge on any atom is 0.231 e. The summed E-state index contributed by atoms with van der Waals surface area (Å²) in [6, 6.07) is 0. The molecule has 0 bridgehead atoms. The van der Waals surface area contributed by atoms with E-state index in [4.69, 9.17) is 0 Å². The van der Waals surface area contributed by atoms with Gasteiger partial charge in [-0.25, -0.2) is 8.42 Å². The summed E-state index contributed by atoms with van der Waals surface area (Å²) in [7, 11) is -3.04. The largest absolute Gasteiger partial charge is 0.291 e. The molecule has 0 aromatic heterocycles. The van der Waals surface area contributed by atoms with Gasteiger partial charge in [-0.15, -0.1) is 0 Å². The van der Waals surface area contributed by atoms with Crippen LogP contribution in [0.2, 0.25) is 0 Å². The van der Waals surface area contributed by atoms with Crippen molar-refractivity contribution in [2.45, 2.75) is 6.92 Å². The molecular formula is C4H9NO2S. The molecule has 0 aromatic carbocycles. The quantitative estimate of drug-likeness (QED) is 0.595. The second-order valence-corrected chi connectivity index (χ2v) is 3.27. The molecule has 0 unspecified atom stereocenters. The van der Waals surface area contributed by atoms with Crippen molar-refractivity contribution in [3.05, 3.63) is 12.8 Å². The molecule has 8 heavy (non-hydrogen) atoms. The first kappa shape index (κ1) is 7.49. The van der Waals surface area contributed by atoms with E-state index in [9.17, 15) is 8.42 Å². The summed E-state index contributed by atoms with van der Waals surface area (Å²) in [6.07, 6.45) is 1.15. The van der Waals surface area contributed by atoms with E-state index in [1.165, 1.54) is 0 Å². The molecule has 1 N–H and O–H groups in total. The Morgan fingerprint density at radius 2 is 2.25 bits per heavy atom. The molecule has 0 aliphatic rings. The number of sulfonamides is 1. The van der Waals surface area contributed by atoms with Gasteiger partial charge in [-0.05, 0) is 6.92 Å². The molecule has 0 saturated heterocycles. The highest BCUT2D eigenvalue weighted by Crippen LogP contribution is 1.78. The van der Waals surface area contributed by atoms with Crippen LogP contribution in [-0.4, -0.2) is 14.2 Å². The van der Waals surface area contributed by atoms with Crippen molar-refractivity contribution in [1.29, 1.82) is 0 Å². The Labute approximate surface area is 49.5 Å². The fraction of sp³-hybridized carbons (Fsp3) is 0.500. The monoisotopic (exact) mass is 135 g/mol. The summed E-state index contributed by atoms with van der Waals surface area (Å²) < 4.78 is 22.9. The maximum absolute atomic E-state index is 10.4. The van der Waals surface area contributed by atoms with Gasteiger partial charge in [0.2, 0.25) is 10.0 Å². The van der Waals surface area contributed by atoms with Crippen molar-refractivity contribution in [2.75, 3.05) is 5.75 Å². The van der Waals surface area contributed by atoms with Crippen molar-refractivity contribution >= 4 is 10.0 Å². The van der Waals surface area contributed by atoms with Gasteiger partial charge >= 0.3 is 0 Å². The van der Waals surface area contributed by atoms with Crippen LogP contribution in [-0.2, 0) is 10.0 Å². The van der Waals surface area contributed by atoms with Gasteiger partial charge in [0.25, 0.3) is 0 Å². The van der Waals surface area contributed by atoms with Gasteiger partial charge in [0, 0.05) is 6.20 Å². The van der Waals surface area contributed by atoms with Crippen LogP contribution in [0.25, 0.3) is 0 Å². The van der Waals surface area contributed by atoms with Crippen LogP contribution in [0, 0.1) is 0 Å². The minimum Gasteiger partial charge on any atom is -0.291 e. The molecule has 0 amide bonds. The van der Waals surface area contributed by atoms with Crippen LogP contribution in [0.3, 0.4) is 0 Å². The van der Waals surface area contributed by atoms with Crippen molar-refractivity contribution < 1.29 is 8.42 Å². The topological polar surface area (TPSA) is 46.2 Å². The van der Waals surface area contributed by atoms with E-state index >= 15 is 0 Å². The smallest absolute Gasteiger partial charge is 0.231 e. The SMILES string of the molecule is C=CNS(=O)(=O)CC. The zero-order valence-electron chi connectivity index (χ0n) is 4.72. The summed E-state index contributed by atoms with van der Waals surface area (Å²) in [5.41, 5.74) is 0. The number of rotatable bonds is 3. The summed E-state index contributed by atoms with van der Waals surface area (Å²) >= 11 is 0. The normalized spacial score (nSPS) is 10.6. The molecule has 0 spiro atoms. The van der Waals surface area contributed by atoms with Crippen LogP contribution in [0.4, 0.5) is 0 Å². The minimum atomic E-state index is -3.04. The second kappa shape index (κ2) is 2.71. The number of hydrogen-bond acceptors (Lipinski definition) is 2. The molecule has 3 nitrogen and oxygen atoms in total. The summed E-state index contributed by atoms with van der Waals surface area (Å²) in [4.78, 5) is 0. The lowest BCUT2D eigenvalue weighted by atomic mass is 11.0. The fourth-order valence-electron chi connectivity index (χ4n) is 0.210. The molecule has 48 valence electrons. The highest BCUT2D eigenvalue weighted by atomic mass is 32.2. The molecule has 0 aliphatic heterocycles. The van der Waals surface area contributed by atoms with E-state index in [0.717, 1.165) is 6.20 Å². The number of hydrogen-bond donors (Lipinski definition) is 1. The average molecular weight is 135 g/mol. The Bertz CT molecular complexity index is 159. The molecule has 0 aromatic rings. The van der Waals surface area contributed by atoms with Gasteiger partial charge in [0.05, 0.1) is 5.75 Å². The minimum absolute atomic E-state index is 0.0962.